The molecule has 0 aromatic rings. The molecule has 2 N–H and O–H groups in total. The van der Waals surface area contributed by atoms with E-state index >= 15 is 0 Å². The third-order valence-electron chi connectivity index (χ3n) is 5.58. The second kappa shape index (κ2) is 4.24. The molecule has 2 heteroatoms. The Bertz CT molecular complexity index is 279. The minimum Gasteiger partial charge on any atom is -0.317 e. The van der Waals surface area contributed by atoms with Crippen LogP contribution in [-0.4, -0.2) is 25.7 Å². The number of hydrogen-bond acceptors (Lipinski definition) is 2. The fraction of sp³-hybridized carbons (Fsp3) is 1.00. The fourth-order valence-electron chi connectivity index (χ4n) is 4.18. The van der Waals surface area contributed by atoms with Crippen molar-refractivity contribution in [3.05, 3.63) is 0 Å². The van der Waals surface area contributed by atoms with Gasteiger partial charge in [0.2, 0.25) is 0 Å². The van der Waals surface area contributed by atoms with Gasteiger partial charge in [0.1, 0.15) is 0 Å². The Balaban J connectivity index is 1.42. The summed E-state index contributed by atoms with van der Waals surface area (Å²) in [5.74, 6) is 0.994. The van der Waals surface area contributed by atoms with Crippen LogP contribution in [-0.2, 0) is 0 Å². The largest absolute Gasteiger partial charge is 0.317 e. The first-order valence-electron chi connectivity index (χ1n) is 7.54. The number of nitrogens with one attached hydrogen (secondary N) is 2. The van der Waals surface area contributed by atoms with Gasteiger partial charge in [0.05, 0.1) is 0 Å². The zero-order chi connectivity index (χ0) is 11.9. The number of piperidine rings is 1. The van der Waals surface area contributed by atoms with Crippen molar-refractivity contribution in [1.82, 2.24) is 10.6 Å². The first-order chi connectivity index (χ1) is 8.10. The molecule has 98 valence electrons. The molecule has 3 rings (SSSR count). The Kier molecular flexibility index (Phi) is 2.99. The van der Waals surface area contributed by atoms with Crippen molar-refractivity contribution in [2.45, 2.75) is 58.4 Å². The van der Waals surface area contributed by atoms with Gasteiger partial charge in [-0.2, -0.15) is 0 Å². The highest BCUT2D eigenvalue weighted by Crippen LogP contribution is 2.58. The normalized spacial score (nSPS) is 38.5. The zero-order valence-corrected chi connectivity index (χ0v) is 11.5. The van der Waals surface area contributed by atoms with Gasteiger partial charge >= 0.3 is 0 Å². The second-order valence-corrected chi connectivity index (χ2v) is 7.53. The molecule has 1 aliphatic heterocycles. The Morgan fingerprint density at radius 3 is 2.53 bits per heavy atom. The quantitative estimate of drug-likeness (QED) is 0.787. The second-order valence-electron chi connectivity index (χ2n) is 7.53. The Labute approximate surface area is 106 Å². The van der Waals surface area contributed by atoms with Crippen LogP contribution in [0.1, 0.15) is 52.4 Å². The molecule has 3 fully saturated rings. The van der Waals surface area contributed by atoms with Crippen molar-refractivity contribution < 1.29 is 0 Å². The van der Waals surface area contributed by atoms with Crippen LogP contribution in [0.15, 0.2) is 0 Å². The van der Waals surface area contributed by atoms with Crippen molar-refractivity contribution in [2.24, 2.45) is 16.7 Å². The van der Waals surface area contributed by atoms with E-state index < -0.39 is 0 Å². The standard InChI is InChI=1S/C15H28N2/c1-14(2)4-3-13(10-14)17-11-12-9-15(12)5-7-16-8-6-15/h12-13,16-17H,3-11H2,1-2H3. The van der Waals surface area contributed by atoms with Crippen LogP contribution >= 0.6 is 0 Å². The Morgan fingerprint density at radius 2 is 1.88 bits per heavy atom. The van der Waals surface area contributed by atoms with Crippen molar-refractivity contribution in [3.8, 4) is 0 Å². The summed E-state index contributed by atoms with van der Waals surface area (Å²) in [5, 5.41) is 7.34. The highest BCUT2D eigenvalue weighted by atomic mass is 15.0. The maximum absolute atomic E-state index is 3.85. The van der Waals surface area contributed by atoms with Crippen LogP contribution < -0.4 is 10.6 Å². The molecule has 2 atom stereocenters. The predicted molar refractivity (Wildman–Crippen MR) is 72.1 cm³/mol. The molecule has 2 nitrogen and oxygen atoms in total. The first-order valence-corrected chi connectivity index (χ1v) is 7.54. The van der Waals surface area contributed by atoms with Gasteiger partial charge in [-0.25, -0.2) is 0 Å². The molecule has 0 bridgehead atoms. The molecule has 1 spiro atoms. The lowest BCUT2D eigenvalue weighted by Crippen LogP contribution is -2.33. The molecule has 2 saturated carbocycles. The number of hydrogen-bond donors (Lipinski definition) is 2. The van der Waals surface area contributed by atoms with Crippen molar-refractivity contribution >= 4 is 0 Å². The minimum absolute atomic E-state index is 0.591. The lowest BCUT2D eigenvalue weighted by Gasteiger charge is -2.24. The molecular formula is C15H28N2. The molecule has 17 heavy (non-hydrogen) atoms. The highest BCUT2D eigenvalue weighted by molar-refractivity contribution is 5.05. The maximum Gasteiger partial charge on any atom is 0.00724 e. The van der Waals surface area contributed by atoms with Crippen LogP contribution in [0.3, 0.4) is 0 Å². The smallest absolute Gasteiger partial charge is 0.00724 e. The lowest BCUT2D eigenvalue weighted by atomic mass is 9.91. The average molecular weight is 236 g/mol. The molecule has 0 aromatic carbocycles. The van der Waals surface area contributed by atoms with Crippen LogP contribution in [0.4, 0.5) is 0 Å². The van der Waals surface area contributed by atoms with Gasteiger partial charge in [-0.3, -0.25) is 0 Å². The van der Waals surface area contributed by atoms with Gasteiger partial charge < -0.3 is 10.6 Å². The van der Waals surface area contributed by atoms with E-state index in [1.807, 2.05) is 0 Å². The van der Waals surface area contributed by atoms with E-state index in [1.165, 1.54) is 58.2 Å². The van der Waals surface area contributed by atoms with Gasteiger partial charge in [0, 0.05) is 6.04 Å². The molecule has 0 aromatic heterocycles. The van der Waals surface area contributed by atoms with Crippen LogP contribution in [0, 0.1) is 16.7 Å². The molecule has 1 heterocycles. The molecule has 0 amide bonds. The summed E-state index contributed by atoms with van der Waals surface area (Å²) in [4.78, 5) is 0. The molecule has 2 unspecified atom stereocenters. The monoisotopic (exact) mass is 236 g/mol. The van der Waals surface area contributed by atoms with E-state index in [1.54, 1.807) is 0 Å². The van der Waals surface area contributed by atoms with Crippen LogP contribution in [0.25, 0.3) is 0 Å². The topological polar surface area (TPSA) is 24.1 Å². The highest BCUT2D eigenvalue weighted by Gasteiger charge is 2.53. The summed E-state index contributed by atoms with van der Waals surface area (Å²) in [6.45, 7) is 8.64. The van der Waals surface area contributed by atoms with Crippen molar-refractivity contribution in [1.29, 1.82) is 0 Å². The SMILES string of the molecule is CC1(C)CCC(NCC2CC23CCNCC3)C1. The summed E-state index contributed by atoms with van der Waals surface area (Å²) in [6, 6.07) is 0.810. The van der Waals surface area contributed by atoms with Gasteiger partial charge in [-0.15, -0.1) is 0 Å². The predicted octanol–water partition coefficient (Wildman–Crippen LogP) is 2.54. The maximum atomic E-state index is 3.85. The van der Waals surface area contributed by atoms with Gasteiger partial charge in [0.15, 0.2) is 0 Å². The van der Waals surface area contributed by atoms with Gasteiger partial charge in [0.25, 0.3) is 0 Å². The summed E-state index contributed by atoms with van der Waals surface area (Å²) in [6.07, 6.45) is 8.54. The van der Waals surface area contributed by atoms with E-state index in [0.29, 0.717) is 5.41 Å². The summed E-state index contributed by atoms with van der Waals surface area (Å²) >= 11 is 0. The van der Waals surface area contributed by atoms with E-state index in [4.69, 9.17) is 0 Å². The van der Waals surface area contributed by atoms with Gasteiger partial charge in [-0.05, 0) is 74.9 Å². The van der Waals surface area contributed by atoms with E-state index in [9.17, 15) is 0 Å². The molecule has 0 radical (unpaired) electrons. The van der Waals surface area contributed by atoms with E-state index in [0.717, 1.165) is 17.4 Å². The van der Waals surface area contributed by atoms with Crippen LogP contribution in [0.5, 0.6) is 0 Å². The number of rotatable bonds is 3. The third kappa shape index (κ3) is 2.53. The molecule has 3 aliphatic rings. The average Bonchev–Trinajstić information content (AvgIpc) is 2.82. The Morgan fingerprint density at radius 1 is 1.12 bits per heavy atom. The summed E-state index contributed by atoms with van der Waals surface area (Å²) in [7, 11) is 0. The summed E-state index contributed by atoms with van der Waals surface area (Å²) in [5.41, 5.74) is 1.35. The molecule has 2 aliphatic carbocycles. The van der Waals surface area contributed by atoms with Crippen LogP contribution in [0.2, 0.25) is 0 Å². The zero-order valence-electron chi connectivity index (χ0n) is 11.5. The van der Waals surface area contributed by atoms with Crippen molar-refractivity contribution in [2.75, 3.05) is 19.6 Å². The summed E-state index contributed by atoms with van der Waals surface area (Å²) < 4.78 is 0. The van der Waals surface area contributed by atoms with Gasteiger partial charge in [-0.1, -0.05) is 13.8 Å². The van der Waals surface area contributed by atoms with E-state index in [-0.39, 0.29) is 0 Å². The molecular weight excluding hydrogens is 208 g/mol. The minimum atomic E-state index is 0.591. The third-order valence-corrected chi connectivity index (χ3v) is 5.58. The van der Waals surface area contributed by atoms with Crippen molar-refractivity contribution in [3.63, 3.8) is 0 Å². The lowest BCUT2D eigenvalue weighted by molar-refractivity contribution is 0.311. The van der Waals surface area contributed by atoms with E-state index in [2.05, 4.69) is 24.5 Å². The Hall–Kier alpha value is -0.0800. The fourth-order valence-corrected chi connectivity index (χ4v) is 4.18. The molecule has 1 saturated heterocycles. The first kappa shape index (κ1) is 12.0.